The Morgan fingerprint density at radius 1 is 1.32 bits per heavy atom. The summed E-state index contributed by atoms with van der Waals surface area (Å²) in [5, 5.41) is 14.5. The molecule has 0 saturated heterocycles. The van der Waals surface area contributed by atoms with Crippen molar-refractivity contribution >= 4 is 34.4 Å². The molecule has 0 atom stereocenters. The van der Waals surface area contributed by atoms with Crippen molar-refractivity contribution in [1.82, 2.24) is 0 Å². The fraction of sp³-hybridized carbons (Fsp3) is 0.0769. The van der Waals surface area contributed by atoms with Crippen LogP contribution in [0.4, 0.5) is 22.7 Å². The lowest BCUT2D eigenvalue weighted by Crippen LogP contribution is -1.98. The Bertz CT molecular complexity index is 644. The van der Waals surface area contributed by atoms with E-state index in [0.29, 0.717) is 10.7 Å². The van der Waals surface area contributed by atoms with Gasteiger partial charge in [0.25, 0.3) is 5.69 Å². The number of hydrogen-bond donors (Lipinski definition) is 2. The highest BCUT2D eigenvalue weighted by Gasteiger charge is 2.11. The summed E-state index contributed by atoms with van der Waals surface area (Å²) >= 11 is 6.02. The molecule has 0 unspecified atom stereocenters. The highest BCUT2D eigenvalue weighted by atomic mass is 35.5. The van der Waals surface area contributed by atoms with E-state index in [1.165, 1.54) is 12.1 Å². The summed E-state index contributed by atoms with van der Waals surface area (Å²) in [4.78, 5) is 10.2. The SMILES string of the molecule is Cc1c(Cl)cccc1Nc1ccc([N+](=O)[O-])c(N)c1. The van der Waals surface area contributed by atoms with Crippen LogP contribution in [0.1, 0.15) is 5.56 Å². The quantitative estimate of drug-likeness (QED) is 0.507. The zero-order valence-electron chi connectivity index (χ0n) is 10.2. The van der Waals surface area contributed by atoms with E-state index < -0.39 is 4.92 Å². The summed E-state index contributed by atoms with van der Waals surface area (Å²) in [6.45, 7) is 1.89. The van der Waals surface area contributed by atoms with Crippen molar-refractivity contribution in [3.05, 3.63) is 57.1 Å². The monoisotopic (exact) mass is 277 g/mol. The molecule has 98 valence electrons. The fourth-order valence-electron chi connectivity index (χ4n) is 1.70. The van der Waals surface area contributed by atoms with E-state index in [0.717, 1.165) is 11.3 Å². The number of rotatable bonds is 3. The third-order valence-corrected chi connectivity index (χ3v) is 3.18. The predicted octanol–water partition coefficient (Wildman–Crippen LogP) is 3.88. The molecule has 2 aromatic carbocycles. The Morgan fingerprint density at radius 2 is 2.05 bits per heavy atom. The van der Waals surface area contributed by atoms with Gasteiger partial charge in [0.05, 0.1) is 4.92 Å². The van der Waals surface area contributed by atoms with E-state index in [4.69, 9.17) is 17.3 Å². The van der Waals surface area contributed by atoms with Crippen LogP contribution in [0.15, 0.2) is 36.4 Å². The van der Waals surface area contributed by atoms with Crippen molar-refractivity contribution in [1.29, 1.82) is 0 Å². The third-order valence-electron chi connectivity index (χ3n) is 2.77. The molecule has 0 radical (unpaired) electrons. The minimum Gasteiger partial charge on any atom is -0.393 e. The Labute approximate surface area is 115 Å². The van der Waals surface area contributed by atoms with Gasteiger partial charge in [-0.2, -0.15) is 0 Å². The molecule has 19 heavy (non-hydrogen) atoms. The summed E-state index contributed by atoms with van der Waals surface area (Å²) in [5.74, 6) is 0. The van der Waals surface area contributed by atoms with Crippen LogP contribution < -0.4 is 11.1 Å². The summed E-state index contributed by atoms with van der Waals surface area (Å²) in [5.41, 5.74) is 8.07. The van der Waals surface area contributed by atoms with Gasteiger partial charge in [-0.3, -0.25) is 10.1 Å². The maximum Gasteiger partial charge on any atom is 0.292 e. The van der Waals surface area contributed by atoms with Gasteiger partial charge in [-0.05, 0) is 36.8 Å². The Hall–Kier alpha value is -2.27. The molecular formula is C13H12ClN3O2. The Morgan fingerprint density at radius 3 is 2.68 bits per heavy atom. The third kappa shape index (κ3) is 2.77. The molecule has 0 bridgehead atoms. The highest BCUT2D eigenvalue weighted by molar-refractivity contribution is 6.31. The molecule has 0 fully saturated rings. The maximum atomic E-state index is 10.7. The van der Waals surface area contributed by atoms with E-state index in [2.05, 4.69) is 5.32 Å². The normalized spacial score (nSPS) is 10.2. The first-order chi connectivity index (χ1) is 8.99. The second-order valence-corrected chi connectivity index (χ2v) is 4.48. The summed E-state index contributed by atoms with van der Waals surface area (Å²) < 4.78 is 0. The number of nitrogens with zero attached hydrogens (tertiary/aromatic N) is 1. The standard InChI is InChI=1S/C13H12ClN3O2/c1-8-10(14)3-2-4-12(8)16-9-5-6-13(17(18)19)11(15)7-9/h2-7,16H,15H2,1H3. The molecule has 0 heterocycles. The molecule has 0 aromatic heterocycles. The summed E-state index contributed by atoms with van der Waals surface area (Å²) in [6.07, 6.45) is 0. The van der Waals surface area contributed by atoms with Crippen LogP contribution in [0, 0.1) is 17.0 Å². The van der Waals surface area contributed by atoms with Gasteiger partial charge in [-0.1, -0.05) is 17.7 Å². The zero-order chi connectivity index (χ0) is 14.0. The van der Waals surface area contributed by atoms with Gasteiger partial charge < -0.3 is 11.1 Å². The van der Waals surface area contributed by atoms with Crippen molar-refractivity contribution in [2.24, 2.45) is 0 Å². The number of nitro benzene ring substituents is 1. The van der Waals surface area contributed by atoms with E-state index in [1.54, 1.807) is 12.1 Å². The van der Waals surface area contributed by atoms with E-state index in [1.807, 2.05) is 19.1 Å². The lowest BCUT2D eigenvalue weighted by atomic mass is 10.2. The lowest BCUT2D eigenvalue weighted by molar-refractivity contribution is -0.383. The molecule has 3 N–H and O–H groups in total. The zero-order valence-corrected chi connectivity index (χ0v) is 10.9. The second-order valence-electron chi connectivity index (χ2n) is 4.07. The first kappa shape index (κ1) is 13.2. The van der Waals surface area contributed by atoms with Crippen LogP contribution in [0.5, 0.6) is 0 Å². The minimum absolute atomic E-state index is 0.103. The Kier molecular flexibility index (Phi) is 3.57. The second kappa shape index (κ2) is 5.16. The molecule has 5 nitrogen and oxygen atoms in total. The number of hydrogen-bond acceptors (Lipinski definition) is 4. The molecule has 0 aliphatic carbocycles. The van der Waals surface area contributed by atoms with Crippen LogP contribution in [0.3, 0.4) is 0 Å². The average molecular weight is 278 g/mol. The van der Waals surface area contributed by atoms with Crippen molar-refractivity contribution in [3.8, 4) is 0 Å². The van der Waals surface area contributed by atoms with Crippen molar-refractivity contribution in [2.45, 2.75) is 6.92 Å². The van der Waals surface area contributed by atoms with Gasteiger partial charge in [-0.15, -0.1) is 0 Å². The van der Waals surface area contributed by atoms with Crippen LogP contribution in [0.2, 0.25) is 5.02 Å². The first-order valence-electron chi connectivity index (χ1n) is 5.55. The molecule has 6 heteroatoms. The number of benzene rings is 2. The van der Waals surface area contributed by atoms with E-state index >= 15 is 0 Å². The van der Waals surface area contributed by atoms with Crippen molar-refractivity contribution < 1.29 is 4.92 Å². The first-order valence-corrected chi connectivity index (χ1v) is 5.93. The molecule has 0 aliphatic rings. The van der Waals surface area contributed by atoms with Gasteiger partial charge in [0.2, 0.25) is 0 Å². The number of halogens is 1. The molecule has 0 saturated carbocycles. The van der Waals surface area contributed by atoms with Crippen molar-refractivity contribution in [2.75, 3.05) is 11.1 Å². The van der Waals surface area contributed by atoms with Crippen LogP contribution in [0.25, 0.3) is 0 Å². The van der Waals surface area contributed by atoms with Gasteiger partial charge in [0.1, 0.15) is 5.69 Å². The lowest BCUT2D eigenvalue weighted by Gasteiger charge is -2.11. The molecule has 0 aliphatic heterocycles. The molecular weight excluding hydrogens is 266 g/mol. The van der Waals surface area contributed by atoms with Gasteiger partial charge >= 0.3 is 0 Å². The fourth-order valence-corrected chi connectivity index (χ4v) is 1.87. The van der Waals surface area contributed by atoms with Crippen LogP contribution in [-0.4, -0.2) is 4.92 Å². The molecule has 0 amide bonds. The molecule has 0 spiro atoms. The largest absolute Gasteiger partial charge is 0.393 e. The van der Waals surface area contributed by atoms with E-state index in [-0.39, 0.29) is 11.4 Å². The van der Waals surface area contributed by atoms with Gasteiger partial charge in [0.15, 0.2) is 0 Å². The predicted molar refractivity (Wildman–Crippen MR) is 77.0 cm³/mol. The Balaban J connectivity index is 2.32. The summed E-state index contributed by atoms with van der Waals surface area (Å²) in [6, 6.07) is 10.0. The van der Waals surface area contributed by atoms with Gasteiger partial charge in [0, 0.05) is 22.5 Å². The minimum atomic E-state index is -0.510. The van der Waals surface area contributed by atoms with Crippen LogP contribution >= 0.6 is 11.6 Å². The number of nitrogens with one attached hydrogen (secondary N) is 1. The van der Waals surface area contributed by atoms with E-state index in [9.17, 15) is 10.1 Å². The average Bonchev–Trinajstić information content (AvgIpc) is 2.34. The smallest absolute Gasteiger partial charge is 0.292 e. The number of nitrogens with two attached hydrogens (primary N) is 1. The number of anilines is 3. The summed E-state index contributed by atoms with van der Waals surface area (Å²) in [7, 11) is 0. The number of nitrogen functional groups attached to an aromatic ring is 1. The highest BCUT2D eigenvalue weighted by Crippen LogP contribution is 2.29. The molecule has 2 aromatic rings. The topological polar surface area (TPSA) is 81.2 Å². The molecule has 2 rings (SSSR count). The van der Waals surface area contributed by atoms with Crippen LogP contribution in [-0.2, 0) is 0 Å². The maximum absolute atomic E-state index is 10.7. The van der Waals surface area contributed by atoms with Crippen molar-refractivity contribution in [3.63, 3.8) is 0 Å². The van der Waals surface area contributed by atoms with Gasteiger partial charge in [-0.25, -0.2) is 0 Å². The number of nitro groups is 1.